The number of fused-ring (bicyclic) bond motifs is 5. The molecule has 1 aromatic rings. The highest BCUT2D eigenvalue weighted by Crippen LogP contribution is 2.60. The molecule has 2 fully saturated rings. The van der Waals surface area contributed by atoms with Crippen LogP contribution in [0.5, 0.6) is 5.75 Å². The van der Waals surface area contributed by atoms with Crippen LogP contribution < -0.4 is 0 Å². The van der Waals surface area contributed by atoms with E-state index in [0.29, 0.717) is 11.2 Å². The van der Waals surface area contributed by atoms with E-state index in [1.165, 1.54) is 50.5 Å². The van der Waals surface area contributed by atoms with Gasteiger partial charge in [-0.25, -0.2) is 0 Å². The molecule has 1 nitrogen and oxygen atoms in total. The summed E-state index contributed by atoms with van der Waals surface area (Å²) >= 11 is 0. The van der Waals surface area contributed by atoms with Crippen molar-refractivity contribution in [3.63, 3.8) is 0 Å². The van der Waals surface area contributed by atoms with Crippen molar-refractivity contribution in [2.45, 2.75) is 57.8 Å². The molecule has 0 bridgehead atoms. The molecule has 0 heterocycles. The molecule has 3 aliphatic rings. The lowest BCUT2D eigenvalue weighted by atomic mass is 9.56. The number of rotatable bonds is 0. The van der Waals surface area contributed by atoms with Gasteiger partial charge in [0.2, 0.25) is 0 Å². The fourth-order valence-corrected chi connectivity index (χ4v) is 5.56. The van der Waals surface area contributed by atoms with E-state index >= 15 is 0 Å². The fraction of sp³-hybridized carbons (Fsp3) is 0.667. The van der Waals surface area contributed by atoms with E-state index in [-0.39, 0.29) is 0 Å². The summed E-state index contributed by atoms with van der Waals surface area (Å²) in [6, 6.07) is 6.11. The molecule has 1 N–H and O–H groups in total. The van der Waals surface area contributed by atoms with Crippen LogP contribution in [0.2, 0.25) is 0 Å². The Hall–Kier alpha value is -0.980. The van der Waals surface area contributed by atoms with Gasteiger partial charge in [-0.15, -0.1) is 0 Å². The molecule has 19 heavy (non-hydrogen) atoms. The van der Waals surface area contributed by atoms with Gasteiger partial charge in [0.1, 0.15) is 5.75 Å². The Morgan fingerprint density at radius 2 is 2.05 bits per heavy atom. The maximum atomic E-state index is 9.68. The van der Waals surface area contributed by atoms with Gasteiger partial charge in [0.05, 0.1) is 0 Å². The number of aryl methyl sites for hydroxylation is 1. The molecule has 102 valence electrons. The molecule has 0 amide bonds. The van der Waals surface area contributed by atoms with E-state index < -0.39 is 0 Å². The molecule has 4 rings (SSSR count). The normalized spacial score (nSPS) is 40.4. The van der Waals surface area contributed by atoms with E-state index in [1.807, 2.05) is 12.1 Å². The molecular formula is C18H24O. The molecule has 0 spiro atoms. The average molecular weight is 256 g/mol. The van der Waals surface area contributed by atoms with Gasteiger partial charge in [0.25, 0.3) is 0 Å². The topological polar surface area (TPSA) is 20.2 Å². The van der Waals surface area contributed by atoms with Crippen LogP contribution in [0, 0.1) is 17.3 Å². The van der Waals surface area contributed by atoms with Gasteiger partial charge in [-0.2, -0.15) is 0 Å². The lowest BCUT2D eigenvalue weighted by Crippen LogP contribution is -2.39. The first-order valence-electron chi connectivity index (χ1n) is 7.99. The van der Waals surface area contributed by atoms with Crippen molar-refractivity contribution in [2.75, 3.05) is 0 Å². The quantitative estimate of drug-likeness (QED) is 0.717. The Morgan fingerprint density at radius 1 is 1.16 bits per heavy atom. The third-order valence-corrected chi connectivity index (χ3v) is 6.49. The summed E-state index contributed by atoms with van der Waals surface area (Å²) in [6.07, 6.45) is 9.69. The van der Waals surface area contributed by atoms with Gasteiger partial charge in [-0.1, -0.05) is 19.4 Å². The zero-order valence-corrected chi connectivity index (χ0v) is 11.9. The van der Waals surface area contributed by atoms with E-state index in [2.05, 4.69) is 13.0 Å². The third-order valence-electron chi connectivity index (χ3n) is 6.49. The molecule has 3 unspecified atom stereocenters. The van der Waals surface area contributed by atoms with Crippen LogP contribution in [0.1, 0.15) is 62.5 Å². The summed E-state index contributed by atoms with van der Waals surface area (Å²) in [5.74, 6) is 3.10. The number of phenolic OH excluding ortho intramolecular Hbond substituents is 1. The minimum atomic E-state index is 0.443. The van der Waals surface area contributed by atoms with Crippen molar-refractivity contribution in [3.8, 4) is 5.75 Å². The molecular weight excluding hydrogens is 232 g/mol. The van der Waals surface area contributed by atoms with Gasteiger partial charge < -0.3 is 5.11 Å². The highest BCUT2D eigenvalue weighted by atomic mass is 16.3. The molecule has 2 saturated carbocycles. The fourth-order valence-electron chi connectivity index (χ4n) is 5.56. The molecule has 4 atom stereocenters. The van der Waals surface area contributed by atoms with E-state index in [1.54, 1.807) is 5.56 Å². The molecule has 1 aromatic carbocycles. The number of aromatic hydroxyl groups is 1. The van der Waals surface area contributed by atoms with Crippen molar-refractivity contribution in [1.82, 2.24) is 0 Å². The van der Waals surface area contributed by atoms with Crippen LogP contribution in [-0.2, 0) is 6.42 Å². The van der Waals surface area contributed by atoms with Gasteiger partial charge in [0, 0.05) is 0 Å². The highest BCUT2D eigenvalue weighted by Gasteiger charge is 2.50. The van der Waals surface area contributed by atoms with Crippen molar-refractivity contribution in [3.05, 3.63) is 29.3 Å². The lowest BCUT2D eigenvalue weighted by molar-refractivity contribution is 0.0598. The maximum Gasteiger partial charge on any atom is 0.115 e. The lowest BCUT2D eigenvalue weighted by Gasteiger charge is -2.49. The third kappa shape index (κ3) is 1.67. The Bertz CT molecular complexity index is 506. The van der Waals surface area contributed by atoms with E-state index in [4.69, 9.17) is 0 Å². The summed E-state index contributed by atoms with van der Waals surface area (Å²) in [5.41, 5.74) is 3.63. The molecule has 0 aromatic heterocycles. The smallest absolute Gasteiger partial charge is 0.115 e. The number of hydrogen-bond donors (Lipinski definition) is 1. The Morgan fingerprint density at radius 3 is 2.95 bits per heavy atom. The number of benzene rings is 1. The average Bonchev–Trinajstić information content (AvgIpc) is 2.79. The van der Waals surface area contributed by atoms with Crippen molar-refractivity contribution in [2.24, 2.45) is 17.3 Å². The van der Waals surface area contributed by atoms with Gasteiger partial charge in [0.15, 0.2) is 0 Å². The van der Waals surface area contributed by atoms with Crippen LogP contribution >= 0.6 is 0 Å². The van der Waals surface area contributed by atoms with Gasteiger partial charge >= 0.3 is 0 Å². The summed E-state index contributed by atoms with van der Waals surface area (Å²) in [6.45, 7) is 2.55. The van der Waals surface area contributed by atoms with Crippen molar-refractivity contribution < 1.29 is 5.11 Å². The van der Waals surface area contributed by atoms with Crippen LogP contribution in [0.25, 0.3) is 0 Å². The van der Waals surface area contributed by atoms with Crippen LogP contribution in [0.3, 0.4) is 0 Å². The molecule has 0 radical (unpaired) electrons. The largest absolute Gasteiger partial charge is 0.508 e. The number of phenols is 1. The summed E-state index contributed by atoms with van der Waals surface area (Å²) < 4.78 is 0. The Kier molecular flexibility index (Phi) is 2.49. The predicted molar refractivity (Wildman–Crippen MR) is 77.3 cm³/mol. The zero-order valence-electron chi connectivity index (χ0n) is 11.9. The van der Waals surface area contributed by atoms with Gasteiger partial charge in [-0.3, -0.25) is 0 Å². The zero-order chi connectivity index (χ0) is 13.0. The molecule has 3 aliphatic carbocycles. The maximum absolute atomic E-state index is 9.68. The van der Waals surface area contributed by atoms with Gasteiger partial charge in [-0.05, 0) is 85.0 Å². The Balaban J connectivity index is 1.72. The summed E-state index contributed by atoms with van der Waals surface area (Å²) in [5, 5.41) is 9.68. The second-order valence-corrected chi connectivity index (χ2v) is 7.38. The summed E-state index contributed by atoms with van der Waals surface area (Å²) in [7, 11) is 0. The van der Waals surface area contributed by atoms with Crippen molar-refractivity contribution in [1.29, 1.82) is 0 Å². The van der Waals surface area contributed by atoms with Crippen LogP contribution in [0.15, 0.2) is 18.2 Å². The standard InChI is InChI=1S/C18H24O/c1-18-9-2-3-17(18)16-6-4-12-11-13(19)5-7-14(12)15(16)8-10-18/h5,7,11,15-17,19H,2-4,6,8-10H2,1H3/t15?,16?,17?,18-/m1/s1. The molecule has 0 aliphatic heterocycles. The SMILES string of the molecule is C[C@]12CCCC1C1CCc3cc(O)ccc3C1CC2. The minimum absolute atomic E-state index is 0.443. The summed E-state index contributed by atoms with van der Waals surface area (Å²) in [4.78, 5) is 0. The number of hydrogen-bond acceptors (Lipinski definition) is 1. The second kappa shape index (κ2) is 4.01. The first-order chi connectivity index (χ1) is 9.17. The molecule has 0 saturated heterocycles. The van der Waals surface area contributed by atoms with E-state index in [9.17, 15) is 5.11 Å². The monoisotopic (exact) mass is 256 g/mol. The minimum Gasteiger partial charge on any atom is -0.508 e. The first-order valence-corrected chi connectivity index (χ1v) is 7.99. The predicted octanol–water partition coefficient (Wildman–Crippen LogP) is 4.64. The van der Waals surface area contributed by atoms with Crippen LogP contribution in [0.4, 0.5) is 0 Å². The second-order valence-electron chi connectivity index (χ2n) is 7.38. The first kappa shape index (κ1) is 11.8. The van der Waals surface area contributed by atoms with Crippen molar-refractivity contribution >= 4 is 0 Å². The molecule has 1 heteroatoms. The highest BCUT2D eigenvalue weighted by molar-refractivity contribution is 5.40. The Labute approximate surface area is 116 Å². The van der Waals surface area contributed by atoms with E-state index in [0.717, 1.165) is 17.8 Å². The van der Waals surface area contributed by atoms with Crippen LogP contribution in [-0.4, -0.2) is 5.11 Å².